The summed E-state index contributed by atoms with van der Waals surface area (Å²) in [6.07, 6.45) is -4.57. The molecule has 0 radical (unpaired) electrons. The highest BCUT2D eigenvalue weighted by atomic mass is 19.4. The predicted octanol–water partition coefficient (Wildman–Crippen LogP) is 2.39. The fourth-order valence-electron chi connectivity index (χ4n) is 1.58. The van der Waals surface area contributed by atoms with E-state index in [4.69, 9.17) is 9.84 Å². The van der Waals surface area contributed by atoms with Crippen LogP contribution in [-0.4, -0.2) is 40.3 Å². The lowest BCUT2D eigenvalue weighted by Crippen LogP contribution is -2.43. The van der Waals surface area contributed by atoms with Crippen LogP contribution in [0.3, 0.4) is 0 Å². The van der Waals surface area contributed by atoms with Gasteiger partial charge in [-0.25, -0.2) is 9.78 Å². The minimum absolute atomic E-state index is 0.0354. The molecule has 0 saturated carbocycles. The van der Waals surface area contributed by atoms with Gasteiger partial charge in [-0.15, -0.1) is 0 Å². The van der Waals surface area contributed by atoms with Crippen LogP contribution in [0.25, 0.3) is 0 Å². The molecule has 128 valence electrons. The fourth-order valence-corrected chi connectivity index (χ4v) is 1.58. The third kappa shape index (κ3) is 6.54. The van der Waals surface area contributed by atoms with Gasteiger partial charge in [-0.05, 0) is 19.4 Å². The molecule has 1 heterocycles. The van der Waals surface area contributed by atoms with Crippen molar-refractivity contribution in [3.05, 3.63) is 23.9 Å². The maximum Gasteiger partial charge on any atom is 0.391 e. The minimum Gasteiger partial charge on any atom is -0.480 e. The smallest absolute Gasteiger partial charge is 0.391 e. The van der Waals surface area contributed by atoms with E-state index in [0.29, 0.717) is 6.42 Å². The summed E-state index contributed by atoms with van der Waals surface area (Å²) in [7, 11) is 0. The Labute approximate surface area is 130 Å². The van der Waals surface area contributed by atoms with E-state index < -0.39 is 30.5 Å². The van der Waals surface area contributed by atoms with E-state index in [0.717, 1.165) is 0 Å². The highest BCUT2D eigenvalue weighted by molar-refractivity contribution is 5.96. The molecule has 0 aromatic carbocycles. The number of nitrogens with zero attached hydrogens (tertiary/aromatic N) is 1. The molecule has 6 nitrogen and oxygen atoms in total. The molecule has 2 unspecified atom stereocenters. The maximum absolute atomic E-state index is 12.3. The molecule has 0 bridgehead atoms. The lowest BCUT2D eigenvalue weighted by Gasteiger charge is -2.17. The van der Waals surface area contributed by atoms with Crippen LogP contribution in [0.1, 0.15) is 37.0 Å². The molecular formula is C14H17F3N2O4. The summed E-state index contributed by atoms with van der Waals surface area (Å²) in [5, 5.41) is 10.6. The van der Waals surface area contributed by atoms with Gasteiger partial charge in [0.15, 0.2) is 0 Å². The predicted molar refractivity (Wildman–Crippen MR) is 74.2 cm³/mol. The van der Waals surface area contributed by atoms with Gasteiger partial charge in [0.25, 0.3) is 5.91 Å². The number of alkyl halides is 3. The standard InChI is InChI=1S/C14H17F3N2O4/c1-3-8(2)23-11-6-9(4-5-18-11)12(20)19-10(13(21)22)7-14(15,16)17/h4-6,8,10H,3,7H2,1-2H3,(H,19,20)(H,21,22). The number of rotatable bonds is 7. The Kier molecular flexibility index (Phi) is 6.35. The molecule has 0 aliphatic rings. The number of carbonyl (C=O) groups is 2. The maximum atomic E-state index is 12.3. The number of carboxylic acids is 1. The Balaban J connectivity index is 2.83. The van der Waals surface area contributed by atoms with Crippen LogP contribution < -0.4 is 10.1 Å². The van der Waals surface area contributed by atoms with Crippen LogP contribution in [0.5, 0.6) is 5.88 Å². The average molecular weight is 334 g/mol. The number of aliphatic carboxylic acids is 1. The van der Waals surface area contributed by atoms with Crippen LogP contribution in [0.4, 0.5) is 13.2 Å². The third-order valence-corrected chi connectivity index (χ3v) is 2.93. The second kappa shape index (κ2) is 7.80. The second-order valence-electron chi connectivity index (χ2n) is 4.90. The molecule has 0 aliphatic heterocycles. The molecule has 1 aromatic rings. The number of ether oxygens (including phenoxy) is 1. The molecule has 1 aromatic heterocycles. The SMILES string of the molecule is CCC(C)Oc1cc(C(=O)NC(CC(F)(F)F)C(=O)O)ccn1. The molecule has 0 aliphatic carbocycles. The Hall–Kier alpha value is -2.32. The fraction of sp³-hybridized carbons (Fsp3) is 0.500. The van der Waals surface area contributed by atoms with Crippen LogP contribution in [0, 0.1) is 0 Å². The zero-order valence-corrected chi connectivity index (χ0v) is 12.6. The van der Waals surface area contributed by atoms with Gasteiger partial charge < -0.3 is 15.2 Å². The van der Waals surface area contributed by atoms with Crippen LogP contribution in [-0.2, 0) is 4.79 Å². The summed E-state index contributed by atoms with van der Waals surface area (Å²) in [5.41, 5.74) is -0.0354. The van der Waals surface area contributed by atoms with Gasteiger partial charge in [-0.3, -0.25) is 4.79 Å². The number of carboxylic acid groups (broad SMARTS) is 1. The molecule has 1 rings (SSSR count). The summed E-state index contributed by atoms with van der Waals surface area (Å²) >= 11 is 0. The summed E-state index contributed by atoms with van der Waals surface area (Å²) in [6, 6.07) is 0.439. The van der Waals surface area contributed by atoms with E-state index in [1.807, 2.05) is 12.2 Å². The van der Waals surface area contributed by atoms with Crippen LogP contribution in [0.15, 0.2) is 18.3 Å². The number of hydrogen-bond donors (Lipinski definition) is 2. The third-order valence-electron chi connectivity index (χ3n) is 2.93. The molecular weight excluding hydrogens is 317 g/mol. The van der Waals surface area contributed by atoms with Crippen molar-refractivity contribution in [3.8, 4) is 5.88 Å². The van der Waals surface area contributed by atoms with Gasteiger partial charge in [0.05, 0.1) is 12.5 Å². The molecule has 0 saturated heterocycles. The van der Waals surface area contributed by atoms with Gasteiger partial charge in [-0.2, -0.15) is 13.2 Å². The van der Waals surface area contributed by atoms with Crippen molar-refractivity contribution in [2.45, 2.75) is 45.0 Å². The minimum atomic E-state index is -4.71. The van der Waals surface area contributed by atoms with Gasteiger partial charge in [-0.1, -0.05) is 6.92 Å². The quantitative estimate of drug-likeness (QED) is 0.799. The Bertz CT molecular complexity index is 563. The molecule has 2 atom stereocenters. The number of hydrogen-bond acceptors (Lipinski definition) is 4. The van der Waals surface area contributed by atoms with E-state index >= 15 is 0 Å². The summed E-state index contributed by atoms with van der Waals surface area (Å²) in [5.74, 6) is -2.58. The number of halogens is 3. The van der Waals surface area contributed by atoms with Crippen molar-refractivity contribution in [1.29, 1.82) is 0 Å². The van der Waals surface area contributed by atoms with E-state index in [1.54, 1.807) is 6.92 Å². The first kappa shape index (κ1) is 18.7. The number of amides is 1. The molecule has 0 fully saturated rings. The normalized spacial score (nSPS) is 14.0. The van der Waals surface area contributed by atoms with Gasteiger partial charge >= 0.3 is 12.1 Å². The monoisotopic (exact) mass is 334 g/mol. The molecule has 23 heavy (non-hydrogen) atoms. The molecule has 1 amide bonds. The summed E-state index contributed by atoms with van der Waals surface area (Å²) < 4.78 is 42.4. The zero-order chi connectivity index (χ0) is 17.6. The van der Waals surface area contributed by atoms with E-state index in [9.17, 15) is 22.8 Å². The summed E-state index contributed by atoms with van der Waals surface area (Å²) in [6.45, 7) is 3.67. The second-order valence-corrected chi connectivity index (χ2v) is 4.90. The highest BCUT2D eigenvalue weighted by Crippen LogP contribution is 2.22. The lowest BCUT2D eigenvalue weighted by atomic mass is 10.1. The first-order chi connectivity index (χ1) is 10.6. The van der Waals surface area contributed by atoms with Crippen LogP contribution >= 0.6 is 0 Å². The largest absolute Gasteiger partial charge is 0.480 e. The van der Waals surface area contributed by atoms with E-state index in [2.05, 4.69) is 4.98 Å². The van der Waals surface area contributed by atoms with Crippen molar-refractivity contribution in [3.63, 3.8) is 0 Å². The zero-order valence-electron chi connectivity index (χ0n) is 12.6. The Morgan fingerprint density at radius 1 is 1.43 bits per heavy atom. The summed E-state index contributed by atoms with van der Waals surface area (Å²) in [4.78, 5) is 26.7. The number of nitrogens with one attached hydrogen (secondary N) is 1. The highest BCUT2D eigenvalue weighted by Gasteiger charge is 2.36. The van der Waals surface area contributed by atoms with Gasteiger partial charge in [0.2, 0.25) is 5.88 Å². The van der Waals surface area contributed by atoms with Crippen molar-refractivity contribution < 1.29 is 32.6 Å². The lowest BCUT2D eigenvalue weighted by molar-refractivity contribution is -0.157. The van der Waals surface area contributed by atoms with E-state index in [1.165, 1.54) is 18.3 Å². The topological polar surface area (TPSA) is 88.5 Å². The number of carbonyl (C=O) groups excluding carboxylic acids is 1. The molecule has 9 heteroatoms. The average Bonchev–Trinajstić information content (AvgIpc) is 2.45. The van der Waals surface area contributed by atoms with E-state index in [-0.39, 0.29) is 17.5 Å². The molecule has 0 spiro atoms. The van der Waals surface area contributed by atoms with Gasteiger partial charge in [0, 0.05) is 17.8 Å². The Morgan fingerprint density at radius 3 is 2.61 bits per heavy atom. The Morgan fingerprint density at radius 2 is 2.09 bits per heavy atom. The van der Waals surface area contributed by atoms with Gasteiger partial charge in [0.1, 0.15) is 6.04 Å². The number of pyridine rings is 1. The first-order valence-corrected chi connectivity index (χ1v) is 6.85. The molecule has 2 N–H and O–H groups in total. The van der Waals surface area contributed by atoms with Crippen molar-refractivity contribution >= 4 is 11.9 Å². The van der Waals surface area contributed by atoms with Crippen molar-refractivity contribution in [1.82, 2.24) is 10.3 Å². The first-order valence-electron chi connectivity index (χ1n) is 6.85. The number of aromatic nitrogens is 1. The van der Waals surface area contributed by atoms with Crippen LogP contribution in [0.2, 0.25) is 0 Å². The van der Waals surface area contributed by atoms with Crippen molar-refractivity contribution in [2.75, 3.05) is 0 Å². The van der Waals surface area contributed by atoms with Crippen molar-refractivity contribution in [2.24, 2.45) is 0 Å².